The first-order chi connectivity index (χ1) is 8.19. The zero-order chi connectivity index (χ0) is 12.3. The van der Waals surface area contributed by atoms with Gasteiger partial charge in [-0.3, -0.25) is 0 Å². The van der Waals surface area contributed by atoms with Gasteiger partial charge in [-0.2, -0.15) is 0 Å². The minimum Gasteiger partial charge on any atom is -0.438 e. The van der Waals surface area contributed by atoms with Crippen LogP contribution in [0.2, 0.25) is 5.02 Å². The van der Waals surface area contributed by atoms with E-state index in [4.69, 9.17) is 27.2 Å². The van der Waals surface area contributed by atoms with Crippen molar-refractivity contribution in [3.63, 3.8) is 0 Å². The van der Waals surface area contributed by atoms with E-state index in [1.807, 2.05) is 0 Å². The molecular weight excluding hydrogens is 240 g/mol. The van der Waals surface area contributed by atoms with Crippen LogP contribution in [0.15, 0.2) is 36.5 Å². The van der Waals surface area contributed by atoms with Crippen molar-refractivity contribution in [2.24, 2.45) is 0 Å². The van der Waals surface area contributed by atoms with Crippen molar-refractivity contribution in [2.45, 2.75) is 6.61 Å². The lowest BCUT2D eigenvalue weighted by atomic mass is 10.2. The number of rotatable bonds is 3. The van der Waals surface area contributed by atoms with Gasteiger partial charge in [-0.1, -0.05) is 23.7 Å². The number of anilines is 1. The summed E-state index contributed by atoms with van der Waals surface area (Å²) in [6.07, 6.45) is 1.47. The molecule has 0 radical (unpaired) electrons. The summed E-state index contributed by atoms with van der Waals surface area (Å²) in [5, 5.41) is 9.35. The van der Waals surface area contributed by atoms with E-state index in [0.29, 0.717) is 16.5 Å². The summed E-state index contributed by atoms with van der Waals surface area (Å²) in [7, 11) is 0. The Kier molecular flexibility index (Phi) is 3.46. The number of hydrogen-bond donors (Lipinski definition) is 2. The second-order valence-electron chi connectivity index (χ2n) is 3.46. The molecule has 2 rings (SSSR count). The molecule has 88 valence electrons. The van der Waals surface area contributed by atoms with Gasteiger partial charge in [0.05, 0.1) is 18.5 Å². The number of nitrogens with two attached hydrogens (primary N) is 1. The van der Waals surface area contributed by atoms with Gasteiger partial charge in [0.15, 0.2) is 0 Å². The lowest BCUT2D eigenvalue weighted by Crippen LogP contribution is -1.93. The molecule has 4 nitrogen and oxygen atoms in total. The maximum absolute atomic E-state index is 9.01. The molecule has 0 bridgehead atoms. The molecule has 1 heterocycles. The van der Waals surface area contributed by atoms with Gasteiger partial charge in [0.1, 0.15) is 10.8 Å². The molecule has 0 atom stereocenters. The SMILES string of the molecule is Nc1cnc(Oc2cccc(CO)c2)c(Cl)c1. The molecule has 3 N–H and O–H groups in total. The fraction of sp³-hybridized carbons (Fsp3) is 0.0833. The van der Waals surface area contributed by atoms with Crippen LogP contribution < -0.4 is 10.5 Å². The molecule has 0 aliphatic carbocycles. The summed E-state index contributed by atoms with van der Waals surface area (Å²) in [5.74, 6) is 0.853. The Labute approximate surface area is 104 Å². The Balaban J connectivity index is 2.25. The smallest absolute Gasteiger partial charge is 0.238 e. The first kappa shape index (κ1) is 11.7. The molecule has 0 amide bonds. The highest BCUT2D eigenvalue weighted by Gasteiger charge is 2.05. The molecule has 1 aromatic carbocycles. The Hall–Kier alpha value is -1.78. The number of halogens is 1. The van der Waals surface area contributed by atoms with E-state index >= 15 is 0 Å². The number of hydrogen-bond acceptors (Lipinski definition) is 4. The molecule has 0 saturated carbocycles. The van der Waals surface area contributed by atoms with Crippen LogP contribution in [-0.2, 0) is 6.61 Å². The number of benzene rings is 1. The van der Waals surface area contributed by atoms with E-state index in [1.54, 1.807) is 30.3 Å². The summed E-state index contributed by atoms with van der Waals surface area (Å²) in [5.41, 5.74) is 6.77. The normalized spacial score (nSPS) is 10.2. The van der Waals surface area contributed by atoms with Crippen LogP contribution >= 0.6 is 11.6 Å². The van der Waals surface area contributed by atoms with Crippen molar-refractivity contribution >= 4 is 17.3 Å². The summed E-state index contributed by atoms with van der Waals surface area (Å²) >= 11 is 5.94. The van der Waals surface area contributed by atoms with Gasteiger partial charge in [-0.05, 0) is 23.8 Å². The molecule has 0 fully saturated rings. The van der Waals surface area contributed by atoms with E-state index in [-0.39, 0.29) is 12.5 Å². The Morgan fingerprint density at radius 1 is 1.35 bits per heavy atom. The number of aliphatic hydroxyl groups excluding tert-OH is 1. The molecule has 2 aromatic rings. The third kappa shape index (κ3) is 2.87. The summed E-state index contributed by atoms with van der Waals surface area (Å²) in [6, 6.07) is 8.62. The van der Waals surface area contributed by atoms with E-state index in [2.05, 4.69) is 4.98 Å². The Bertz CT molecular complexity index is 532. The first-order valence-corrected chi connectivity index (χ1v) is 5.35. The Morgan fingerprint density at radius 2 is 2.18 bits per heavy atom. The van der Waals surface area contributed by atoms with Crippen LogP contribution in [0.3, 0.4) is 0 Å². The number of pyridine rings is 1. The number of nitrogen functional groups attached to an aromatic ring is 1. The second-order valence-corrected chi connectivity index (χ2v) is 3.87. The van der Waals surface area contributed by atoms with Gasteiger partial charge < -0.3 is 15.6 Å². The number of aliphatic hydroxyl groups is 1. The lowest BCUT2D eigenvalue weighted by molar-refractivity contribution is 0.281. The van der Waals surface area contributed by atoms with Gasteiger partial charge >= 0.3 is 0 Å². The maximum atomic E-state index is 9.01. The number of aromatic nitrogens is 1. The minimum absolute atomic E-state index is 0.0416. The van der Waals surface area contributed by atoms with Crippen molar-refractivity contribution in [2.75, 3.05) is 5.73 Å². The zero-order valence-electron chi connectivity index (χ0n) is 8.93. The van der Waals surface area contributed by atoms with E-state index in [9.17, 15) is 0 Å². The van der Waals surface area contributed by atoms with Gasteiger partial charge in [0.25, 0.3) is 0 Å². The van der Waals surface area contributed by atoms with Crippen LogP contribution in [0.5, 0.6) is 11.6 Å². The van der Waals surface area contributed by atoms with Crippen LogP contribution in [0.25, 0.3) is 0 Å². The van der Waals surface area contributed by atoms with E-state index in [1.165, 1.54) is 6.20 Å². The zero-order valence-corrected chi connectivity index (χ0v) is 9.69. The van der Waals surface area contributed by atoms with E-state index < -0.39 is 0 Å². The number of ether oxygens (including phenoxy) is 1. The standard InChI is InChI=1S/C12H11ClN2O2/c13-11-5-9(14)6-15-12(11)17-10-3-1-2-8(4-10)7-16/h1-6,16H,7,14H2. The van der Waals surface area contributed by atoms with Crippen molar-refractivity contribution < 1.29 is 9.84 Å². The largest absolute Gasteiger partial charge is 0.438 e. The summed E-state index contributed by atoms with van der Waals surface area (Å²) in [6.45, 7) is -0.0416. The second kappa shape index (κ2) is 5.03. The van der Waals surface area contributed by atoms with Crippen LogP contribution in [-0.4, -0.2) is 10.1 Å². The highest BCUT2D eigenvalue weighted by Crippen LogP contribution is 2.28. The van der Waals surface area contributed by atoms with Crippen LogP contribution in [0.4, 0.5) is 5.69 Å². The predicted octanol–water partition coefficient (Wildman–Crippen LogP) is 2.60. The maximum Gasteiger partial charge on any atom is 0.238 e. The average molecular weight is 251 g/mol. The van der Waals surface area contributed by atoms with Gasteiger partial charge in [-0.15, -0.1) is 0 Å². The third-order valence-corrected chi connectivity index (χ3v) is 2.39. The summed E-state index contributed by atoms with van der Waals surface area (Å²) < 4.78 is 5.50. The molecule has 0 aliphatic rings. The molecule has 0 aliphatic heterocycles. The number of nitrogens with zero attached hydrogens (tertiary/aromatic N) is 1. The highest BCUT2D eigenvalue weighted by molar-refractivity contribution is 6.32. The molecule has 0 unspecified atom stereocenters. The topological polar surface area (TPSA) is 68.4 Å². The average Bonchev–Trinajstić information content (AvgIpc) is 2.33. The highest BCUT2D eigenvalue weighted by atomic mass is 35.5. The van der Waals surface area contributed by atoms with E-state index in [0.717, 1.165) is 5.56 Å². The quantitative estimate of drug-likeness (QED) is 0.879. The fourth-order valence-electron chi connectivity index (χ4n) is 1.33. The van der Waals surface area contributed by atoms with Gasteiger partial charge in [0.2, 0.25) is 5.88 Å². The lowest BCUT2D eigenvalue weighted by Gasteiger charge is -2.07. The van der Waals surface area contributed by atoms with Crippen LogP contribution in [0.1, 0.15) is 5.56 Å². The Morgan fingerprint density at radius 3 is 2.88 bits per heavy atom. The van der Waals surface area contributed by atoms with Gasteiger partial charge in [-0.25, -0.2) is 4.98 Å². The van der Waals surface area contributed by atoms with Crippen LogP contribution in [0, 0.1) is 0 Å². The van der Waals surface area contributed by atoms with Crippen molar-refractivity contribution in [3.8, 4) is 11.6 Å². The minimum atomic E-state index is -0.0416. The van der Waals surface area contributed by atoms with Gasteiger partial charge in [0, 0.05) is 0 Å². The fourth-order valence-corrected chi connectivity index (χ4v) is 1.55. The van der Waals surface area contributed by atoms with Crippen molar-refractivity contribution in [3.05, 3.63) is 47.1 Å². The molecule has 0 spiro atoms. The molecular formula is C12H11ClN2O2. The molecule has 5 heteroatoms. The third-order valence-electron chi connectivity index (χ3n) is 2.12. The van der Waals surface area contributed by atoms with Crippen molar-refractivity contribution in [1.82, 2.24) is 4.98 Å². The first-order valence-electron chi connectivity index (χ1n) is 4.97. The predicted molar refractivity (Wildman–Crippen MR) is 66.1 cm³/mol. The molecule has 0 saturated heterocycles. The monoisotopic (exact) mass is 250 g/mol. The molecule has 1 aromatic heterocycles. The van der Waals surface area contributed by atoms with Crippen molar-refractivity contribution in [1.29, 1.82) is 0 Å². The summed E-state index contributed by atoms with van der Waals surface area (Å²) in [4.78, 5) is 3.99. The molecule has 17 heavy (non-hydrogen) atoms.